The molecule has 0 unspecified atom stereocenters. The molecule has 7 nitrogen and oxygen atoms in total. The van der Waals surface area contributed by atoms with Gasteiger partial charge in [0.1, 0.15) is 29.2 Å². The summed E-state index contributed by atoms with van der Waals surface area (Å²) in [5.74, 6) is 0.819. The molecule has 0 N–H and O–H groups in total. The Labute approximate surface area is 215 Å². The number of aromatic nitrogens is 3. The molecule has 3 aromatic carbocycles. The van der Waals surface area contributed by atoms with Gasteiger partial charge in [0.25, 0.3) is 0 Å². The van der Waals surface area contributed by atoms with Gasteiger partial charge >= 0.3 is 0 Å². The van der Waals surface area contributed by atoms with Crippen LogP contribution in [0.25, 0.3) is 5.69 Å². The number of ether oxygens (including phenoxy) is 1. The van der Waals surface area contributed by atoms with Crippen molar-refractivity contribution in [1.82, 2.24) is 14.8 Å². The van der Waals surface area contributed by atoms with Gasteiger partial charge in [0, 0.05) is 26.2 Å². The van der Waals surface area contributed by atoms with Crippen LogP contribution in [0.3, 0.4) is 0 Å². The molecule has 0 fully saturated rings. The van der Waals surface area contributed by atoms with Crippen molar-refractivity contribution in [2.45, 2.75) is 23.9 Å². The topological polar surface area (TPSA) is 83.1 Å². The lowest BCUT2D eigenvalue weighted by molar-refractivity contribution is -0.479. The van der Waals surface area contributed by atoms with Gasteiger partial charge in [-0.2, -0.15) is 0 Å². The average Bonchev–Trinajstić information content (AvgIpc) is 3.18. The van der Waals surface area contributed by atoms with Crippen LogP contribution in [0.15, 0.2) is 71.9 Å². The van der Waals surface area contributed by atoms with Crippen LogP contribution in [-0.4, -0.2) is 26.2 Å². The molecule has 0 saturated carbocycles. The maximum absolute atomic E-state index is 13.4. The Bertz CT molecular complexity index is 1330. The lowest BCUT2D eigenvalue weighted by Gasteiger charge is -2.15. The molecular formula is C24H19Cl2FN4O3S. The second-order valence-corrected chi connectivity index (χ2v) is 9.57. The normalized spacial score (nSPS) is 11.9. The van der Waals surface area contributed by atoms with E-state index in [1.165, 1.54) is 23.9 Å². The molecule has 35 heavy (non-hydrogen) atoms. The molecular weight excluding hydrogens is 514 g/mol. The van der Waals surface area contributed by atoms with Gasteiger partial charge in [-0.1, -0.05) is 53.2 Å². The van der Waals surface area contributed by atoms with Crippen molar-refractivity contribution in [3.8, 4) is 11.4 Å². The average molecular weight is 533 g/mol. The maximum atomic E-state index is 13.4. The van der Waals surface area contributed by atoms with E-state index in [1.807, 2.05) is 0 Å². The van der Waals surface area contributed by atoms with E-state index in [-0.39, 0.29) is 23.9 Å². The standard InChI is InChI=1S/C24H19Cl2FN4O3S/c1-15-28-29-24(31(15)20-8-6-19(27)7-9-20)35-23(13-30(32)33)16-3-10-21(11-4-16)34-14-17-2-5-18(25)12-22(17)26/h2-12,23H,13-14H2,1H3/t23-/m0/s1. The molecule has 4 aromatic rings. The van der Waals surface area contributed by atoms with Gasteiger partial charge in [0.2, 0.25) is 6.54 Å². The van der Waals surface area contributed by atoms with Crippen molar-refractivity contribution < 1.29 is 14.1 Å². The highest BCUT2D eigenvalue weighted by atomic mass is 35.5. The number of benzene rings is 3. The lowest BCUT2D eigenvalue weighted by Crippen LogP contribution is -2.11. The number of halogens is 3. The van der Waals surface area contributed by atoms with Gasteiger partial charge in [-0.25, -0.2) is 4.39 Å². The molecule has 4 rings (SSSR count). The fraction of sp³-hybridized carbons (Fsp3) is 0.167. The van der Waals surface area contributed by atoms with Crippen molar-refractivity contribution in [3.63, 3.8) is 0 Å². The Morgan fingerprint density at radius 3 is 2.46 bits per heavy atom. The number of nitro groups is 1. The Morgan fingerprint density at radius 1 is 1.09 bits per heavy atom. The molecule has 180 valence electrons. The summed E-state index contributed by atoms with van der Waals surface area (Å²) in [6.45, 7) is 1.70. The summed E-state index contributed by atoms with van der Waals surface area (Å²) in [6.07, 6.45) is 0. The third-order valence-corrected chi connectivity index (χ3v) is 6.87. The molecule has 0 aliphatic heterocycles. The number of aryl methyl sites for hydroxylation is 1. The zero-order valence-corrected chi connectivity index (χ0v) is 20.7. The summed E-state index contributed by atoms with van der Waals surface area (Å²) < 4.78 is 20.9. The zero-order valence-electron chi connectivity index (χ0n) is 18.4. The van der Waals surface area contributed by atoms with E-state index in [2.05, 4.69) is 10.2 Å². The van der Waals surface area contributed by atoms with Gasteiger partial charge in [-0.3, -0.25) is 14.7 Å². The van der Waals surface area contributed by atoms with Crippen molar-refractivity contribution in [2.75, 3.05) is 6.54 Å². The first-order valence-corrected chi connectivity index (χ1v) is 12.1. The lowest BCUT2D eigenvalue weighted by atomic mass is 10.1. The molecule has 11 heteroatoms. The number of nitrogens with zero attached hydrogens (tertiary/aromatic N) is 4. The van der Waals surface area contributed by atoms with Crippen LogP contribution in [-0.2, 0) is 6.61 Å². The van der Waals surface area contributed by atoms with Crippen LogP contribution in [0.2, 0.25) is 10.0 Å². The molecule has 1 heterocycles. The predicted octanol–water partition coefficient (Wildman–Crippen LogP) is 6.71. The zero-order chi connectivity index (χ0) is 24.9. The van der Waals surface area contributed by atoms with Crippen LogP contribution in [0.5, 0.6) is 5.75 Å². The van der Waals surface area contributed by atoms with E-state index in [9.17, 15) is 14.5 Å². The summed E-state index contributed by atoms with van der Waals surface area (Å²) in [5.41, 5.74) is 2.19. The summed E-state index contributed by atoms with van der Waals surface area (Å²) in [6, 6.07) is 18.2. The Kier molecular flexibility index (Phi) is 7.90. The second-order valence-electron chi connectivity index (χ2n) is 7.56. The fourth-order valence-corrected chi connectivity index (χ4v) is 5.00. The third kappa shape index (κ3) is 6.30. The predicted molar refractivity (Wildman–Crippen MR) is 134 cm³/mol. The van der Waals surface area contributed by atoms with E-state index in [4.69, 9.17) is 27.9 Å². The molecule has 0 bridgehead atoms. The van der Waals surface area contributed by atoms with Gasteiger partial charge in [0.05, 0.1) is 0 Å². The first kappa shape index (κ1) is 25.0. The van der Waals surface area contributed by atoms with Crippen LogP contribution in [0, 0.1) is 22.9 Å². The summed E-state index contributed by atoms with van der Waals surface area (Å²) in [7, 11) is 0. The summed E-state index contributed by atoms with van der Waals surface area (Å²) >= 11 is 13.3. The van der Waals surface area contributed by atoms with E-state index in [0.29, 0.717) is 32.5 Å². The summed E-state index contributed by atoms with van der Waals surface area (Å²) in [5, 5.41) is 20.7. The molecule has 0 amide bonds. The third-order valence-electron chi connectivity index (χ3n) is 5.10. The Balaban J connectivity index is 1.52. The molecule has 0 aliphatic carbocycles. The van der Waals surface area contributed by atoms with Crippen molar-refractivity contribution in [1.29, 1.82) is 0 Å². The Hall–Kier alpha value is -3.14. The summed E-state index contributed by atoms with van der Waals surface area (Å²) in [4.78, 5) is 11.0. The monoisotopic (exact) mass is 532 g/mol. The number of hydrogen-bond acceptors (Lipinski definition) is 6. The second kappa shape index (κ2) is 11.1. The van der Waals surface area contributed by atoms with E-state index in [1.54, 1.807) is 66.1 Å². The molecule has 0 radical (unpaired) electrons. The number of thioether (sulfide) groups is 1. The van der Waals surface area contributed by atoms with E-state index < -0.39 is 5.25 Å². The fourth-order valence-electron chi connectivity index (χ4n) is 3.36. The molecule has 0 saturated heterocycles. The smallest absolute Gasteiger partial charge is 0.220 e. The van der Waals surface area contributed by atoms with Crippen LogP contribution in [0.4, 0.5) is 4.39 Å². The van der Waals surface area contributed by atoms with Gasteiger partial charge in [0.15, 0.2) is 5.16 Å². The molecule has 1 aromatic heterocycles. The maximum Gasteiger partial charge on any atom is 0.220 e. The first-order chi connectivity index (χ1) is 16.8. The van der Waals surface area contributed by atoms with Gasteiger partial charge in [-0.15, -0.1) is 10.2 Å². The van der Waals surface area contributed by atoms with Gasteiger partial charge in [-0.05, 0) is 61.0 Å². The molecule has 0 spiro atoms. The van der Waals surface area contributed by atoms with Crippen molar-refractivity contribution in [3.05, 3.63) is 110 Å². The number of rotatable bonds is 9. The minimum absolute atomic E-state index is 0.252. The van der Waals surface area contributed by atoms with E-state index in [0.717, 1.165) is 11.1 Å². The van der Waals surface area contributed by atoms with Crippen LogP contribution < -0.4 is 4.74 Å². The Morgan fingerprint density at radius 2 is 1.80 bits per heavy atom. The molecule has 1 atom stereocenters. The minimum Gasteiger partial charge on any atom is -0.489 e. The van der Waals surface area contributed by atoms with E-state index >= 15 is 0 Å². The number of hydrogen-bond donors (Lipinski definition) is 0. The highest BCUT2D eigenvalue weighted by Gasteiger charge is 2.24. The quantitative estimate of drug-likeness (QED) is 0.135. The highest BCUT2D eigenvalue weighted by molar-refractivity contribution is 7.99. The van der Waals surface area contributed by atoms with Crippen LogP contribution in [0.1, 0.15) is 22.2 Å². The SMILES string of the molecule is Cc1nnc(S[C@@H](C[N+](=O)[O-])c2ccc(OCc3ccc(Cl)cc3Cl)cc2)n1-c1ccc(F)cc1. The van der Waals surface area contributed by atoms with Crippen molar-refractivity contribution >= 4 is 35.0 Å². The first-order valence-electron chi connectivity index (χ1n) is 10.4. The van der Waals surface area contributed by atoms with Crippen LogP contribution >= 0.6 is 35.0 Å². The highest BCUT2D eigenvalue weighted by Crippen LogP contribution is 2.36. The van der Waals surface area contributed by atoms with Crippen molar-refractivity contribution in [2.24, 2.45) is 0 Å². The largest absolute Gasteiger partial charge is 0.489 e. The molecule has 0 aliphatic rings. The minimum atomic E-state index is -0.535. The van der Waals surface area contributed by atoms with Gasteiger partial charge < -0.3 is 4.74 Å².